The highest BCUT2D eigenvalue weighted by atomic mass is 16.5. The number of hydrogen-bond acceptors (Lipinski definition) is 5. The lowest BCUT2D eigenvalue weighted by Gasteiger charge is -2.36. The Morgan fingerprint density at radius 1 is 1.00 bits per heavy atom. The van der Waals surface area contributed by atoms with Gasteiger partial charge in [0.15, 0.2) is 0 Å². The fourth-order valence-corrected chi connectivity index (χ4v) is 3.45. The van der Waals surface area contributed by atoms with Crippen molar-refractivity contribution < 1.29 is 14.2 Å². The van der Waals surface area contributed by atoms with Crippen LogP contribution in [0.5, 0.6) is 17.2 Å². The minimum atomic E-state index is 0.314. The molecule has 1 aromatic rings. The van der Waals surface area contributed by atoms with E-state index in [9.17, 15) is 0 Å². The molecule has 136 valence electrons. The van der Waals surface area contributed by atoms with Gasteiger partial charge < -0.3 is 19.5 Å². The summed E-state index contributed by atoms with van der Waals surface area (Å²) in [5.41, 5.74) is 1.15. The van der Waals surface area contributed by atoms with Crippen LogP contribution in [0.2, 0.25) is 0 Å². The van der Waals surface area contributed by atoms with Gasteiger partial charge in [0.2, 0.25) is 0 Å². The molecular weight excluding hydrogens is 304 g/mol. The molecule has 0 aromatic heterocycles. The fourth-order valence-electron chi connectivity index (χ4n) is 3.45. The number of ether oxygens (including phenoxy) is 3. The van der Waals surface area contributed by atoms with Crippen molar-refractivity contribution in [3.8, 4) is 17.2 Å². The summed E-state index contributed by atoms with van der Waals surface area (Å²) < 4.78 is 16.8. The van der Waals surface area contributed by atoms with Crippen LogP contribution in [0.3, 0.4) is 0 Å². The molecule has 1 atom stereocenters. The normalized spacial score (nSPS) is 16.7. The Labute approximate surface area is 146 Å². The van der Waals surface area contributed by atoms with E-state index < -0.39 is 0 Å². The van der Waals surface area contributed by atoms with Crippen LogP contribution >= 0.6 is 0 Å². The molecule has 0 amide bonds. The van der Waals surface area contributed by atoms with Crippen LogP contribution in [0.1, 0.15) is 44.2 Å². The van der Waals surface area contributed by atoms with Crippen molar-refractivity contribution in [3.05, 3.63) is 17.7 Å². The van der Waals surface area contributed by atoms with Gasteiger partial charge in [0, 0.05) is 44.4 Å². The number of nitrogens with one attached hydrogen (secondary N) is 1. The molecule has 1 aliphatic rings. The Hall–Kier alpha value is -1.46. The molecule has 0 aliphatic carbocycles. The van der Waals surface area contributed by atoms with Crippen molar-refractivity contribution in [2.45, 2.75) is 38.6 Å². The lowest BCUT2D eigenvalue weighted by molar-refractivity contribution is 0.157. The minimum Gasteiger partial charge on any atom is -0.496 e. The first-order valence-corrected chi connectivity index (χ1v) is 8.99. The van der Waals surface area contributed by atoms with E-state index in [1.165, 1.54) is 19.3 Å². The molecule has 1 aromatic carbocycles. The number of rotatable bonds is 9. The predicted molar refractivity (Wildman–Crippen MR) is 97.4 cm³/mol. The van der Waals surface area contributed by atoms with E-state index in [0.29, 0.717) is 6.04 Å². The Balaban J connectivity index is 2.38. The van der Waals surface area contributed by atoms with Gasteiger partial charge in [-0.05, 0) is 6.42 Å². The van der Waals surface area contributed by atoms with Gasteiger partial charge in [-0.2, -0.15) is 0 Å². The first-order chi connectivity index (χ1) is 11.7. The zero-order chi connectivity index (χ0) is 17.4. The van der Waals surface area contributed by atoms with E-state index in [0.717, 1.165) is 55.4 Å². The smallest absolute Gasteiger partial charge is 0.131 e. The highest BCUT2D eigenvalue weighted by Crippen LogP contribution is 2.42. The maximum absolute atomic E-state index is 5.71. The highest BCUT2D eigenvalue weighted by Gasteiger charge is 2.28. The fraction of sp³-hybridized carbons (Fsp3) is 0.684. The number of unbranched alkanes of at least 4 members (excludes halogenated alkanes) is 2. The topological polar surface area (TPSA) is 43.0 Å². The molecule has 5 nitrogen and oxygen atoms in total. The molecule has 0 radical (unpaired) electrons. The first kappa shape index (κ1) is 18.9. The van der Waals surface area contributed by atoms with E-state index in [1.54, 1.807) is 21.3 Å². The maximum Gasteiger partial charge on any atom is 0.131 e. The van der Waals surface area contributed by atoms with Gasteiger partial charge in [0.1, 0.15) is 17.2 Å². The van der Waals surface area contributed by atoms with E-state index in [2.05, 4.69) is 17.1 Å². The summed E-state index contributed by atoms with van der Waals surface area (Å²) in [7, 11) is 5.11. The summed E-state index contributed by atoms with van der Waals surface area (Å²) in [6.45, 7) is 6.41. The summed E-state index contributed by atoms with van der Waals surface area (Å²) >= 11 is 0. The number of hydrogen-bond donors (Lipinski definition) is 1. The van der Waals surface area contributed by atoms with Crippen LogP contribution in [0.15, 0.2) is 12.1 Å². The average Bonchev–Trinajstić information content (AvgIpc) is 2.65. The van der Waals surface area contributed by atoms with Gasteiger partial charge in [-0.15, -0.1) is 0 Å². The number of methoxy groups -OCH3 is 3. The van der Waals surface area contributed by atoms with Crippen molar-refractivity contribution in [1.29, 1.82) is 0 Å². The molecule has 0 unspecified atom stereocenters. The lowest BCUT2D eigenvalue weighted by Crippen LogP contribution is -2.45. The molecule has 24 heavy (non-hydrogen) atoms. The standard InChI is InChI=1S/C19H32N2O3/c1-5-6-7-8-16(21-11-9-20-10-12-21)19-17(23-3)13-15(22-2)14-18(19)24-4/h13-14,16,20H,5-12H2,1-4H3/t16-/m0/s1. The van der Waals surface area contributed by atoms with Crippen LogP contribution in [0.4, 0.5) is 0 Å². The van der Waals surface area contributed by atoms with Gasteiger partial charge >= 0.3 is 0 Å². The van der Waals surface area contributed by atoms with Gasteiger partial charge in [-0.3, -0.25) is 4.90 Å². The zero-order valence-electron chi connectivity index (χ0n) is 15.6. The number of benzene rings is 1. The van der Waals surface area contributed by atoms with Crippen LogP contribution < -0.4 is 19.5 Å². The molecule has 0 spiro atoms. The van der Waals surface area contributed by atoms with Gasteiger partial charge in [0.05, 0.1) is 26.9 Å². The lowest BCUT2D eigenvalue weighted by atomic mass is 9.96. The summed E-state index contributed by atoms with van der Waals surface area (Å²) in [6.07, 6.45) is 4.81. The highest BCUT2D eigenvalue weighted by molar-refractivity contribution is 5.52. The molecule has 1 aliphatic heterocycles. The van der Waals surface area contributed by atoms with Gasteiger partial charge in [-0.25, -0.2) is 0 Å². The van der Waals surface area contributed by atoms with Crippen LogP contribution in [0, 0.1) is 0 Å². The van der Waals surface area contributed by atoms with Crippen molar-refractivity contribution in [2.24, 2.45) is 0 Å². The minimum absolute atomic E-state index is 0.314. The molecule has 5 heteroatoms. The maximum atomic E-state index is 5.71. The largest absolute Gasteiger partial charge is 0.496 e. The van der Waals surface area contributed by atoms with Gasteiger partial charge in [-0.1, -0.05) is 26.2 Å². The summed E-state index contributed by atoms with van der Waals surface area (Å²) in [4.78, 5) is 2.55. The van der Waals surface area contributed by atoms with Crippen LogP contribution in [0.25, 0.3) is 0 Å². The molecule has 1 heterocycles. The monoisotopic (exact) mass is 336 g/mol. The molecule has 0 saturated carbocycles. The average molecular weight is 336 g/mol. The van der Waals surface area contributed by atoms with Crippen molar-refractivity contribution in [1.82, 2.24) is 10.2 Å². The van der Waals surface area contributed by atoms with Crippen molar-refractivity contribution >= 4 is 0 Å². The molecule has 0 bridgehead atoms. The number of nitrogens with zero attached hydrogens (tertiary/aromatic N) is 1. The van der Waals surface area contributed by atoms with E-state index in [1.807, 2.05) is 12.1 Å². The molecule has 1 saturated heterocycles. The Morgan fingerprint density at radius 2 is 1.62 bits per heavy atom. The zero-order valence-corrected chi connectivity index (χ0v) is 15.6. The summed E-state index contributed by atoms with van der Waals surface area (Å²) in [5.74, 6) is 2.47. The third-order valence-electron chi connectivity index (χ3n) is 4.76. The van der Waals surface area contributed by atoms with Crippen molar-refractivity contribution in [3.63, 3.8) is 0 Å². The number of piperazine rings is 1. The molecule has 2 rings (SSSR count). The third kappa shape index (κ3) is 4.54. The summed E-state index contributed by atoms with van der Waals surface area (Å²) in [6, 6.07) is 4.24. The van der Waals surface area contributed by atoms with E-state index in [-0.39, 0.29) is 0 Å². The molecule has 1 N–H and O–H groups in total. The van der Waals surface area contributed by atoms with Crippen LogP contribution in [-0.4, -0.2) is 52.4 Å². The second kappa shape index (κ2) is 9.74. The second-order valence-electron chi connectivity index (χ2n) is 6.24. The SMILES string of the molecule is CCCCC[C@@H](c1c(OC)cc(OC)cc1OC)N1CCNCC1. The third-order valence-corrected chi connectivity index (χ3v) is 4.76. The van der Waals surface area contributed by atoms with Gasteiger partial charge in [0.25, 0.3) is 0 Å². The van der Waals surface area contributed by atoms with E-state index >= 15 is 0 Å². The second-order valence-corrected chi connectivity index (χ2v) is 6.24. The first-order valence-electron chi connectivity index (χ1n) is 8.99. The quantitative estimate of drug-likeness (QED) is 0.701. The Kier molecular flexibility index (Phi) is 7.66. The Morgan fingerprint density at radius 3 is 2.12 bits per heavy atom. The Bertz CT molecular complexity index is 476. The van der Waals surface area contributed by atoms with Crippen LogP contribution in [-0.2, 0) is 0 Å². The predicted octanol–water partition coefficient (Wildman–Crippen LogP) is 3.24. The summed E-state index contributed by atoms with van der Waals surface area (Å²) in [5, 5.41) is 3.44. The van der Waals surface area contributed by atoms with E-state index in [4.69, 9.17) is 14.2 Å². The molecule has 1 fully saturated rings. The molecular formula is C19H32N2O3. The van der Waals surface area contributed by atoms with Crippen molar-refractivity contribution in [2.75, 3.05) is 47.5 Å².